The van der Waals surface area contributed by atoms with Gasteiger partial charge in [-0.05, 0) is 56.9 Å². The van der Waals surface area contributed by atoms with Crippen molar-refractivity contribution < 1.29 is 22.7 Å². The Labute approximate surface area is 160 Å². The van der Waals surface area contributed by atoms with E-state index in [0.29, 0.717) is 19.6 Å². The van der Waals surface area contributed by atoms with Gasteiger partial charge in [0.2, 0.25) is 10.0 Å². The molecule has 2 saturated heterocycles. The molecule has 3 rings (SSSR count). The van der Waals surface area contributed by atoms with Crippen LogP contribution in [-0.2, 0) is 19.6 Å². The Balaban J connectivity index is 1.62. The number of carbonyl (C=O) groups excluding carboxylic acids is 2. The lowest BCUT2D eigenvalue weighted by molar-refractivity contribution is -0.133. The topological polar surface area (TPSA) is 84.0 Å². The molecule has 1 atom stereocenters. The van der Waals surface area contributed by atoms with Crippen LogP contribution in [0.1, 0.15) is 49.4 Å². The van der Waals surface area contributed by atoms with E-state index in [9.17, 15) is 18.0 Å². The van der Waals surface area contributed by atoms with Crippen LogP contribution in [0.25, 0.3) is 0 Å². The fourth-order valence-electron chi connectivity index (χ4n) is 3.60. The quantitative estimate of drug-likeness (QED) is 0.714. The average Bonchev–Trinajstić information content (AvgIpc) is 3.21. The molecular formula is C19H26N2O5S. The van der Waals surface area contributed by atoms with Crippen molar-refractivity contribution in [1.29, 1.82) is 0 Å². The standard InChI is InChI=1S/C19H26N2O5S/c1-15-6-2-3-13-21(15)27(24,25)17-9-7-16(8-10-17)19(23)26-14-18(22)20-11-4-5-12-20/h7-10,15H,2-6,11-14H2,1H3/t15-/m1/s1. The van der Waals surface area contributed by atoms with Crippen LogP contribution in [0, 0.1) is 0 Å². The minimum atomic E-state index is -3.57. The number of hydrogen-bond donors (Lipinski definition) is 0. The molecule has 2 aliphatic heterocycles. The molecule has 2 fully saturated rings. The van der Waals surface area contributed by atoms with Crippen molar-refractivity contribution in [2.75, 3.05) is 26.2 Å². The van der Waals surface area contributed by atoms with E-state index in [2.05, 4.69) is 0 Å². The second kappa shape index (κ2) is 8.39. The molecule has 0 N–H and O–H groups in total. The van der Waals surface area contributed by atoms with Gasteiger partial charge >= 0.3 is 5.97 Å². The number of rotatable bonds is 5. The molecule has 0 radical (unpaired) electrons. The highest BCUT2D eigenvalue weighted by molar-refractivity contribution is 7.89. The molecule has 0 unspecified atom stereocenters. The minimum Gasteiger partial charge on any atom is -0.452 e. The van der Waals surface area contributed by atoms with Crippen LogP contribution in [0.4, 0.5) is 0 Å². The van der Waals surface area contributed by atoms with Crippen LogP contribution in [0.2, 0.25) is 0 Å². The average molecular weight is 394 g/mol. The molecule has 1 aromatic carbocycles. The first-order valence-corrected chi connectivity index (χ1v) is 10.9. The summed E-state index contributed by atoms with van der Waals surface area (Å²) in [5, 5.41) is 0. The smallest absolute Gasteiger partial charge is 0.338 e. The van der Waals surface area contributed by atoms with Crippen LogP contribution in [-0.4, -0.2) is 61.8 Å². The van der Waals surface area contributed by atoms with Gasteiger partial charge < -0.3 is 9.64 Å². The second-order valence-electron chi connectivity index (χ2n) is 7.15. The predicted octanol–water partition coefficient (Wildman–Crippen LogP) is 2.03. The number of nitrogens with zero attached hydrogens (tertiary/aromatic N) is 2. The van der Waals surface area contributed by atoms with Crippen molar-refractivity contribution in [3.8, 4) is 0 Å². The van der Waals surface area contributed by atoms with Crippen LogP contribution in [0.5, 0.6) is 0 Å². The summed E-state index contributed by atoms with van der Waals surface area (Å²) < 4.78 is 32.2. The Morgan fingerprint density at radius 2 is 1.67 bits per heavy atom. The van der Waals surface area contributed by atoms with E-state index in [1.807, 2.05) is 6.92 Å². The Kier molecular flexibility index (Phi) is 6.16. The maximum Gasteiger partial charge on any atom is 0.338 e. The van der Waals surface area contributed by atoms with Gasteiger partial charge in [-0.3, -0.25) is 4.79 Å². The van der Waals surface area contributed by atoms with Gasteiger partial charge in [0.1, 0.15) is 0 Å². The Bertz CT molecular complexity index is 785. The highest BCUT2D eigenvalue weighted by atomic mass is 32.2. The Morgan fingerprint density at radius 3 is 2.30 bits per heavy atom. The highest BCUT2D eigenvalue weighted by Gasteiger charge is 2.31. The number of benzene rings is 1. The Hall–Kier alpha value is -1.93. The van der Waals surface area contributed by atoms with E-state index in [0.717, 1.165) is 32.1 Å². The fraction of sp³-hybridized carbons (Fsp3) is 0.579. The molecule has 148 valence electrons. The molecule has 27 heavy (non-hydrogen) atoms. The lowest BCUT2D eigenvalue weighted by atomic mass is 10.1. The summed E-state index contributed by atoms with van der Waals surface area (Å²) in [4.78, 5) is 25.9. The molecule has 0 bridgehead atoms. The third-order valence-electron chi connectivity index (χ3n) is 5.22. The highest BCUT2D eigenvalue weighted by Crippen LogP contribution is 2.25. The van der Waals surface area contributed by atoms with Gasteiger partial charge in [-0.15, -0.1) is 0 Å². The molecule has 2 heterocycles. The number of piperidine rings is 1. The largest absolute Gasteiger partial charge is 0.452 e. The van der Waals surface area contributed by atoms with Crippen LogP contribution in [0.3, 0.4) is 0 Å². The maximum atomic E-state index is 12.8. The molecule has 8 heteroatoms. The summed E-state index contributed by atoms with van der Waals surface area (Å²) in [7, 11) is -3.57. The zero-order chi connectivity index (χ0) is 19.4. The van der Waals surface area contributed by atoms with Crippen LogP contribution in [0.15, 0.2) is 29.2 Å². The summed E-state index contributed by atoms with van der Waals surface area (Å²) in [6, 6.07) is 5.70. The van der Waals surface area contributed by atoms with E-state index in [1.165, 1.54) is 28.6 Å². The van der Waals surface area contributed by atoms with Crippen LogP contribution < -0.4 is 0 Å². The first-order chi connectivity index (χ1) is 12.9. The SMILES string of the molecule is C[C@@H]1CCCCN1S(=O)(=O)c1ccc(C(=O)OCC(=O)N2CCCC2)cc1. The summed E-state index contributed by atoms with van der Waals surface area (Å²) in [5.41, 5.74) is 0.231. The molecule has 7 nitrogen and oxygen atoms in total. The maximum absolute atomic E-state index is 12.8. The molecule has 1 amide bonds. The van der Waals surface area contributed by atoms with Crippen molar-refractivity contribution in [2.45, 2.75) is 50.0 Å². The summed E-state index contributed by atoms with van der Waals surface area (Å²) in [6.45, 7) is 3.56. The normalized spacial score (nSPS) is 21.2. The summed E-state index contributed by atoms with van der Waals surface area (Å²) in [5.74, 6) is -0.822. The van der Waals surface area contributed by atoms with E-state index in [1.54, 1.807) is 4.90 Å². The van der Waals surface area contributed by atoms with Crippen LogP contribution >= 0.6 is 0 Å². The van der Waals surface area contributed by atoms with Crippen molar-refractivity contribution in [3.05, 3.63) is 29.8 Å². The zero-order valence-corrected chi connectivity index (χ0v) is 16.4. The fourth-order valence-corrected chi connectivity index (χ4v) is 5.30. The predicted molar refractivity (Wildman–Crippen MR) is 99.7 cm³/mol. The third-order valence-corrected chi connectivity index (χ3v) is 7.25. The first kappa shape index (κ1) is 19.8. The number of amides is 1. The third kappa shape index (κ3) is 4.50. The van der Waals surface area contributed by atoms with Crippen molar-refractivity contribution in [2.24, 2.45) is 0 Å². The molecular weight excluding hydrogens is 368 g/mol. The number of esters is 1. The molecule has 0 aliphatic carbocycles. The summed E-state index contributed by atoms with van der Waals surface area (Å²) in [6.07, 6.45) is 4.71. The molecule has 1 aromatic rings. The second-order valence-corrected chi connectivity index (χ2v) is 9.04. The number of ether oxygens (including phenoxy) is 1. The van der Waals surface area contributed by atoms with Crippen molar-refractivity contribution in [3.63, 3.8) is 0 Å². The van der Waals surface area contributed by atoms with Crippen molar-refractivity contribution in [1.82, 2.24) is 9.21 Å². The Morgan fingerprint density at radius 1 is 1.04 bits per heavy atom. The molecule has 0 saturated carbocycles. The summed E-state index contributed by atoms with van der Waals surface area (Å²) >= 11 is 0. The van der Waals surface area contributed by atoms with E-state index >= 15 is 0 Å². The first-order valence-electron chi connectivity index (χ1n) is 9.46. The minimum absolute atomic E-state index is 0.0232. The van der Waals surface area contributed by atoms with Gasteiger partial charge in [0.15, 0.2) is 6.61 Å². The number of carbonyl (C=O) groups is 2. The molecule has 0 spiro atoms. The van der Waals surface area contributed by atoms with E-state index in [-0.39, 0.29) is 29.0 Å². The van der Waals surface area contributed by atoms with Gasteiger partial charge in [-0.25, -0.2) is 13.2 Å². The molecule has 2 aliphatic rings. The number of likely N-dealkylation sites (tertiary alicyclic amines) is 1. The zero-order valence-electron chi connectivity index (χ0n) is 15.6. The monoisotopic (exact) mass is 394 g/mol. The lowest BCUT2D eigenvalue weighted by Crippen LogP contribution is -2.41. The van der Waals surface area contributed by atoms with E-state index in [4.69, 9.17) is 4.74 Å². The van der Waals surface area contributed by atoms with Gasteiger partial charge in [0, 0.05) is 25.7 Å². The van der Waals surface area contributed by atoms with Gasteiger partial charge in [0.25, 0.3) is 5.91 Å². The lowest BCUT2D eigenvalue weighted by Gasteiger charge is -2.32. The molecule has 0 aromatic heterocycles. The van der Waals surface area contributed by atoms with E-state index < -0.39 is 16.0 Å². The van der Waals surface area contributed by atoms with Gasteiger partial charge in [0.05, 0.1) is 10.5 Å². The van der Waals surface area contributed by atoms with Gasteiger partial charge in [-0.1, -0.05) is 6.42 Å². The number of hydrogen-bond acceptors (Lipinski definition) is 5. The van der Waals surface area contributed by atoms with Crippen molar-refractivity contribution >= 4 is 21.9 Å². The number of sulfonamides is 1. The van der Waals surface area contributed by atoms with Gasteiger partial charge in [-0.2, -0.15) is 4.31 Å².